The Morgan fingerprint density at radius 1 is 1.25 bits per heavy atom. The molecule has 4 N–H and O–H groups in total. The smallest absolute Gasteiger partial charge is 0.283 e. The molecule has 0 aliphatic rings. The molecule has 0 spiro atoms. The summed E-state index contributed by atoms with van der Waals surface area (Å²) < 4.78 is 1.74. The van der Waals surface area contributed by atoms with E-state index in [9.17, 15) is 4.79 Å². The molecule has 0 atom stereocenters. The van der Waals surface area contributed by atoms with Gasteiger partial charge in [-0.2, -0.15) is 10.1 Å². The molecule has 3 aromatic rings. The quantitative estimate of drug-likeness (QED) is 0.565. The van der Waals surface area contributed by atoms with Crippen LogP contribution in [0.25, 0.3) is 16.6 Å². The van der Waals surface area contributed by atoms with Gasteiger partial charge in [0.1, 0.15) is 0 Å². The van der Waals surface area contributed by atoms with Crippen LogP contribution in [0.5, 0.6) is 0 Å². The van der Waals surface area contributed by atoms with E-state index in [-0.39, 0.29) is 11.9 Å². The first-order chi connectivity index (χ1) is 11.5. The Hall–Kier alpha value is -3.22. The zero-order valence-electron chi connectivity index (χ0n) is 13.5. The zero-order chi connectivity index (χ0) is 17.3. The second kappa shape index (κ2) is 6.11. The molecule has 2 aromatic heterocycles. The third-order valence-corrected chi connectivity index (χ3v) is 3.65. The lowest BCUT2D eigenvalue weighted by atomic mass is 10.0. The lowest BCUT2D eigenvalue weighted by Gasteiger charge is -2.12. The summed E-state index contributed by atoms with van der Waals surface area (Å²) in [6, 6.07) is 9.69. The lowest BCUT2D eigenvalue weighted by molar-refractivity contribution is 0.100. The van der Waals surface area contributed by atoms with Crippen molar-refractivity contribution in [3.63, 3.8) is 0 Å². The van der Waals surface area contributed by atoms with E-state index in [1.54, 1.807) is 10.9 Å². The Balaban J connectivity index is 2.15. The number of pyridine rings is 1. The van der Waals surface area contributed by atoms with Gasteiger partial charge in [0, 0.05) is 11.6 Å². The molecule has 0 radical (unpaired) electrons. The molecule has 7 heteroatoms. The molecule has 2 heterocycles. The molecule has 0 fully saturated rings. The van der Waals surface area contributed by atoms with E-state index in [0.717, 1.165) is 22.3 Å². The van der Waals surface area contributed by atoms with Crippen LogP contribution in [0.2, 0.25) is 0 Å². The maximum absolute atomic E-state index is 12.2. The number of aliphatic imine (C=N–C) groups is 1. The van der Waals surface area contributed by atoms with Crippen molar-refractivity contribution in [2.24, 2.45) is 16.5 Å². The number of hydrogen-bond acceptors (Lipinski definition) is 3. The largest absolute Gasteiger partial charge is 0.370 e. The number of amides is 1. The molecule has 0 aliphatic heterocycles. The number of guanidine groups is 1. The van der Waals surface area contributed by atoms with Crippen LogP contribution in [-0.4, -0.2) is 26.6 Å². The summed E-state index contributed by atoms with van der Waals surface area (Å²) in [4.78, 5) is 20.2. The van der Waals surface area contributed by atoms with Crippen LogP contribution in [0.1, 0.15) is 35.8 Å². The molecule has 122 valence electrons. The van der Waals surface area contributed by atoms with Crippen molar-refractivity contribution in [2.75, 3.05) is 0 Å². The Bertz CT molecular complexity index is 937. The molecular weight excluding hydrogens is 304 g/mol. The second-order valence-corrected chi connectivity index (χ2v) is 5.73. The van der Waals surface area contributed by atoms with Crippen molar-refractivity contribution in [1.82, 2.24) is 14.8 Å². The topological polar surface area (TPSA) is 112 Å². The van der Waals surface area contributed by atoms with Gasteiger partial charge in [-0.05, 0) is 30.2 Å². The van der Waals surface area contributed by atoms with Crippen molar-refractivity contribution in [3.8, 4) is 5.69 Å². The van der Waals surface area contributed by atoms with Gasteiger partial charge < -0.3 is 11.5 Å². The van der Waals surface area contributed by atoms with Gasteiger partial charge >= 0.3 is 0 Å². The number of nitrogens with zero attached hydrogens (tertiary/aromatic N) is 4. The van der Waals surface area contributed by atoms with E-state index >= 15 is 0 Å². The highest BCUT2D eigenvalue weighted by Crippen LogP contribution is 2.25. The summed E-state index contributed by atoms with van der Waals surface area (Å²) in [6.45, 7) is 3.98. The molecule has 1 amide bonds. The Morgan fingerprint density at radius 2 is 2.04 bits per heavy atom. The average molecular weight is 322 g/mol. The maximum atomic E-state index is 12.2. The fourth-order valence-corrected chi connectivity index (χ4v) is 2.66. The van der Waals surface area contributed by atoms with E-state index in [1.165, 1.54) is 6.20 Å². The van der Waals surface area contributed by atoms with Gasteiger partial charge in [0.05, 0.1) is 28.7 Å². The molecule has 3 rings (SSSR count). The van der Waals surface area contributed by atoms with E-state index in [4.69, 9.17) is 11.5 Å². The summed E-state index contributed by atoms with van der Waals surface area (Å²) in [5, 5.41) is 5.36. The number of carbonyl (C=O) groups is 1. The highest BCUT2D eigenvalue weighted by Gasteiger charge is 2.21. The third kappa shape index (κ3) is 2.83. The van der Waals surface area contributed by atoms with E-state index in [1.807, 2.05) is 44.2 Å². The monoisotopic (exact) mass is 322 g/mol. The first-order valence-electron chi connectivity index (χ1n) is 7.54. The number of carbonyl (C=O) groups excluding carboxylic acids is 1. The fourth-order valence-electron chi connectivity index (χ4n) is 2.66. The van der Waals surface area contributed by atoms with Gasteiger partial charge in [-0.3, -0.25) is 9.78 Å². The van der Waals surface area contributed by atoms with E-state index in [2.05, 4.69) is 15.1 Å². The standard InChI is InChI=1S/C17H18N6O/c1-10(2)15-13(16(24)22-17(18)19)9-21-23(15)12-5-6-14-11(8-12)4-3-7-20-14/h3-10H,1-2H3,(H4,18,19,22,24). The predicted octanol–water partition coefficient (Wildman–Crippen LogP) is 1.96. The predicted molar refractivity (Wildman–Crippen MR) is 93.1 cm³/mol. The van der Waals surface area contributed by atoms with Crippen LogP contribution < -0.4 is 11.5 Å². The molecule has 0 bridgehead atoms. The average Bonchev–Trinajstić information content (AvgIpc) is 2.99. The van der Waals surface area contributed by atoms with E-state index < -0.39 is 5.91 Å². The summed E-state index contributed by atoms with van der Waals surface area (Å²) >= 11 is 0. The van der Waals surface area contributed by atoms with Crippen LogP contribution >= 0.6 is 0 Å². The number of nitrogens with two attached hydrogens (primary N) is 2. The highest BCUT2D eigenvalue weighted by atomic mass is 16.1. The zero-order valence-corrected chi connectivity index (χ0v) is 13.5. The van der Waals surface area contributed by atoms with Gasteiger partial charge in [0.25, 0.3) is 5.91 Å². The van der Waals surface area contributed by atoms with Crippen LogP contribution in [0, 0.1) is 0 Å². The van der Waals surface area contributed by atoms with Gasteiger partial charge in [-0.15, -0.1) is 0 Å². The Morgan fingerprint density at radius 3 is 2.75 bits per heavy atom. The number of benzene rings is 1. The summed E-state index contributed by atoms with van der Waals surface area (Å²) in [5.74, 6) is -0.697. The van der Waals surface area contributed by atoms with Crippen molar-refractivity contribution in [1.29, 1.82) is 0 Å². The van der Waals surface area contributed by atoms with Gasteiger partial charge in [0.15, 0.2) is 5.96 Å². The minimum absolute atomic E-state index is 0.0604. The maximum Gasteiger partial charge on any atom is 0.283 e. The number of fused-ring (bicyclic) bond motifs is 1. The number of rotatable bonds is 3. The first kappa shape index (κ1) is 15.7. The molecular formula is C17H18N6O. The van der Waals surface area contributed by atoms with Crippen molar-refractivity contribution >= 4 is 22.8 Å². The van der Waals surface area contributed by atoms with Crippen molar-refractivity contribution < 1.29 is 4.79 Å². The third-order valence-electron chi connectivity index (χ3n) is 3.65. The van der Waals surface area contributed by atoms with Gasteiger partial charge in [-0.1, -0.05) is 19.9 Å². The van der Waals surface area contributed by atoms with E-state index in [0.29, 0.717) is 5.56 Å². The Kier molecular flexibility index (Phi) is 3.99. The molecule has 0 saturated heterocycles. The molecule has 24 heavy (non-hydrogen) atoms. The first-order valence-corrected chi connectivity index (χ1v) is 7.54. The molecule has 1 aromatic carbocycles. The Labute approximate surface area is 139 Å². The fraction of sp³-hybridized carbons (Fsp3) is 0.176. The molecule has 0 saturated carbocycles. The van der Waals surface area contributed by atoms with Crippen molar-refractivity contribution in [3.05, 3.63) is 54.0 Å². The van der Waals surface area contributed by atoms with Crippen LogP contribution in [0.15, 0.2) is 47.7 Å². The SMILES string of the molecule is CC(C)c1c(C(=O)N=C(N)N)cnn1-c1ccc2ncccc2c1. The molecule has 0 unspecified atom stereocenters. The highest BCUT2D eigenvalue weighted by molar-refractivity contribution is 6.02. The van der Waals surface area contributed by atoms with Crippen LogP contribution in [0.4, 0.5) is 0 Å². The summed E-state index contributed by atoms with van der Waals surface area (Å²) in [7, 11) is 0. The summed E-state index contributed by atoms with van der Waals surface area (Å²) in [6.07, 6.45) is 3.25. The molecule has 7 nitrogen and oxygen atoms in total. The van der Waals surface area contributed by atoms with Crippen LogP contribution in [0.3, 0.4) is 0 Å². The second-order valence-electron chi connectivity index (χ2n) is 5.73. The number of aromatic nitrogens is 3. The number of hydrogen-bond donors (Lipinski definition) is 2. The lowest BCUT2D eigenvalue weighted by Crippen LogP contribution is -2.24. The van der Waals surface area contributed by atoms with Gasteiger partial charge in [-0.25, -0.2) is 4.68 Å². The molecule has 0 aliphatic carbocycles. The van der Waals surface area contributed by atoms with Crippen molar-refractivity contribution in [2.45, 2.75) is 19.8 Å². The van der Waals surface area contributed by atoms with Crippen LogP contribution in [-0.2, 0) is 0 Å². The minimum atomic E-state index is -0.493. The minimum Gasteiger partial charge on any atom is -0.370 e. The normalized spacial score (nSPS) is 11.0. The van der Waals surface area contributed by atoms with Gasteiger partial charge in [0.2, 0.25) is 0 Å². The summed E-state index contributed by atoms with van der Waals surface area (Å²) in [5.41, 5.74) is 13.5.